The molecular weight excluding hydrogens is 306 g/mol. The van der Waals surface area contributed by atoms with Gasteiger partial charge in [-0.15, -0.1) is 6.58 Å². The van der Waals surface area contributed by atoms with Crippen molar-refractivity contribution in [3.8, 4) is 5.75 Å². The summed E-state index contributed by atoms with van der Waals surface area (Å²) in [6.07, 6.45) is 1.77. The highest BCUT2D eigenvalue weighted by Crippen LogP contribution is 2.17. The smallest absolute Gasteiger partial charge is 0.237 e. The van der Waals surface area contributed by atoms with Crippen LogP contribution in [0.15, 0.2) is 36.9 Å². The molecule has 1 unspecified atom stereocenters. The second-order valence-electron chi connectivity index (χ2n) is 5.65. The van der Waals surface area contributed by atoms with Gasteiger partial charge >= 0.3 is 0 Å². The molecular formula is C18H25N3O3. The Morgan fingerprint density at radius 3 is 2.88 bits per heavy atom. The number of rotatable bonds is 8. The zero-order chi connectivity index (χ0) is 17.4. The van der Waals surface area contributed by atoms with Gasteiger partial charge in [0.1, 0.15) is 5.75 Å². The zero-order valence-corrected chi connectivity index (χ0v) is 14.1. The fourth-order valence-corrected chi connectivity index (χ4v) is 2.70. The summed E-state index contributed by atoms with van der Waals surface area (Å²) in [5.41, 5.74) is 1.09. The Balaban J connectivity index is 2.00. The molecule has 0 saturated carbocycles. The van der Waals surface area contributed by atoms with E-state index >= 15 is 0 Å². The number of hydrogen-bond acceptors (Lipinski definition) is 4. The van der Waals surface area contributed by atoms with Gasteiger partial charge in [0.2, 0.25) is 11.8 Å². The summed E-state index contributed by atoms with van der Waals surface area (Å²) in [5, 5.41) is 5.56. The van der Waals surface area contributed by atoms with Crippen LogP contribution in [0.1, 0.15) is 18.9 Å². The van der Waals surface area contributed by atoms with Crippen LogP contribution in [0.25, 0.3) is 0 Å². The van der Waals surface area contributed by atoms with Gasteiger partial charge in [0.25, 0.3) is 0 Å². The molecule has 1 atom stereocenters. The standard InChI is InChI=1S/C18H25N3O3/c1-3-9-19-17(22)12-16-18(23)20-10-11-21(16)13-14-5-7-15(8-6-14)24-4-2/h3,5-8,16H,1,4,9-13H2,2H3,(H,19,22)(H,20,23). The maximum Gasteiger partial charge on any atom is 0.237 e. The highest BCUT2D eigenvalue weighted by Gasteiger charge is 2.31. The first kappa shape index (κ1) is 18.0. The number of ether oxygens (including phenoxy) is 1. The predicted molar refractivity (Wildman–Crippen MR) is 92.6 cm³/mol. The number of carbonyl (C=O) groups is 2. The van der Waals surface area contributed by atoms with Crippen molar-refractivity contribution < 1.29 is 14.3 Å². The molecule has 0 aromatic heterocycles. The third-order valence-corrected chi connectivity index (χ3v) is 3.88. The number of amides is 2. The molecule has 0 bridgehead atoms. The lowest BCUT2D eigenvalue weighted by Gasteiger charge is -2.34. The minimum absolute atomic E-state index is 0.0964. The third-order valence-electron chi connectivity index (χ3n) is 3.88. The molecule has 24 heavy (non-hydrogen) atoms. The van der Waals surface area contributed by atoms with Gasteiger partial charge in [0, 0.05) is 26.2 Å². The molecule has 2 amide bonds. The molecule has 1 aliphatic rings. The number of nitrogens with zero attached hydrogens (tertiary/aromatic N) is 1. The molecule has 6 nitrogen and oxygen atoms in total. The molecule has 6 heteroatoms. The Labute approximate surface area is 142 Å². The first-order valence-electron chi connectivity index (χ1n) is 8.25. The minimum Gasteiger partial charge on any atom is -0.494 e. The minimum atomic E-state index is -0.449. The van der Waals surface area contributed by atoms with Crippen molar-refractivity contribution in [3.63, 3.8) is 0 Å². The fourth-order valence-electron chi connectivity index (χ4n) is 2.70. The van der Waals surface area contributed by atoms with Gasteiger partial charge in [-0.05, 0) is 24.6 Å². The molecule has 1 aromatic rings. The highest BCUT2D eigenvalue weighted by atomic mass is 16.5. The summed E-state index contributed by atoms with van der Waals surface area (Å²) in [7, 11) is 0. The fraction of sp³-hybridized carbons (Fsp3) is 0.444. The molecule has 1 aromatic carbocycles. The molecule has 1 saturated heterocycles. The molecule has 0 spiro atoms. The second kappa shape index (κ2) is 9.08. The molecule has 130 valence electrons. The number of hydrogen-bond donors (Lipinski definition) is 2. The van der Waals surface area contributed by atoms with Gasteiger partial charge in [-0.3, -0.25) is 14.5 Å². The average Bonchev–Trinajstić information content (AvgIpc) is 2.58. The Morgan fingerprint density at radius 1 is 1.46 bits per heavy atom. The van der Waals surface area contributed by atoms with Crippen LogP contribution < -0.4 is 15.4 Å². The van der Waals surface area contributed by atoms with Gasteiger partial charge in [0.15, 0.2) is 0 Å². The number of nitrogens with one attached hydrogen (secondary N) is 2. The quantitative estimate of drug-likeness (QED) is 0.699. The van der Waals surface area contributed by atoms with Crippen molar-refractivity contribution in [1.29, 1.82) is 0 Å². The van der Waals surface area contributed by atoms with Crippen LogP contribution in [0.4, 0.5) is 0 Å². The summed E-state index contributed by atoms with van der Waals surface area (Å²) >= 11 is 0. The van der Waals surface area contributed by atoms with Crippen LogP contribution in [-0.2, 0) is 16.1 Å². The first-order chi connectivity index (χ1) is 11.6. The topological polar surface area (TPSA) is 70.7 Å². The van der Waals surface area contributed by atoms with Crippen molar-refractivity contribution in [2.24, 2.45) is 0 Å². The molecule has 1 fully saturated rings. The van der Waals surface area contributed by atoms with Gasteiger partial charge in [-0.25, -0.2) is 0 Å². The van der Waals surface area contributed by atoms with Crippen LogP contribution >= 0.6 is 0 Å². The van der Waals surface area contributed by atoms with Crippen LogP contribution in [0.3, 0.4) is 0 Å². The summed E-state index contributed by atoms with van der Waals surface area (Å²) < 4.78 is 5.44. The number of carbonyl (C=O) groups excluding carboxylic acids is 2. The second-order valence-corrected chi connectivity index (χ2v) is 5.65. The Hall–Kier alpha value is -2.34. The van der Waals surface area contributed by atoms with E-state index in [-0.39, 0.29) is 18.2 Å². The van der Waals surface area contributed by atoms with E-state index in [1.807, 2.05) is 36.1 Å². The maximum atomic E-state index is 12.2. The van der Waals surface area contributed by atoms with Crippen molar-refractivity contribution in [2.45, 2.75) is 25.9 Å². The number of benzene rings is 1. The lowest BCUT2D eigenvalue weighted by molar-refractivity contribution is -0.134. The summed E-state index contributed by atoms with van der Waals surface area (Å²) in [5.74, 6) is 0.590. The van der Waals surface area contributed by atoms with E-state index in [1.54, 1.807) is 6.08 Å². The maximum absolute atomic E-state index is 12.2. The van der Waals surface area contributed by atoms with Crippen LogP contribution in [0, 0.1) is 0 Å². The molecule has 0 radical (unpaired) electrons. The lowest BCUT2D eigenvalue weighted by Crippen LogP contribution is -2.56. The van der Waals surface area contributed by atoms with E-state index in [4.69, 9.17) is 4.74 Å². The van der Waals surface area contributed by atoms with Crippen LogP contribution in [0.2, 0.25) is 0 Å². The van der Waals surface area contributed by atoms with E-state index in [1.165, 1.54) is 0 Å². The van der Waals surface area contributed by atoms with Gasteiger partial charge < -0.3 is 15.4 Å². The van der Waals surface area contributed by atoms with E-state index in [0.29, 0.717) is 26.2 Å². The van der Waals surface area contributed by atoms with Crippen molar-refractivity contribution in [3.05, 3.63) is 42.5 Å². The molecule has 1 heterocycles. The normalized spacial score (nSPS) is 17.9. The van der Waals surface area contributed by atoms with Crippen molar-refractivity contribution >= 4 is 11.8 Å². The predicted octanol–water partition coefficient (Wildman–Crippen LogP) is 1.08. The monoisotopic (exact) mass is 331 g/mol. The SMILES string of the molecule is C=CCNC(=O)CC1C(=O)NCCN1Cc1ccc(OCC)cc1. The van der Waals surface area contributed by atoms with E-state index in [0.717, 1.165) is 17.9 Å². The van der Waals surface area contributed by atoms with Crippen molar-refractivity contribution in [2.75, 3.05) is 26.2 Å². The van der Waals surface area contributed by atoms with Crippen LogP contribution in [0.5, 0.6) is 5.75 Å². The van der Waals surface area contributed by atoms with Gasteiger partial charge in [-0.2, -0.15) is 0 Å². The molecule has 2 N–H and O–H groups in total. The Morgan fingerprint density at radius 2 is 2.21 bits per heavy atom. The molecule has 2 rings (SSSR count). The van der Waals surface area contributed by atoms with Crippen molar-refractivity contribution in [1.82, 2.24) is 15.5 Å². The molecule has 1 aliphatic heterocycles. The van der Waals surface area contributed by atoms with Gasteiger partial charge in [0.05, 0.1) is 19.1 Å². The van der Waals surface area contributed by atoms with E-state index in [2.05, 4.69) is 17.2 Å². The Bertz CT molecular complexity index is 571. The zero-order valence-electron chi connectivity index (χ0n) is 14.1. The van der Waals surface area contributed by atoms with Crippen LogP contribution in [-0.4, -0.2) is 49.0 Å². The van der Waals surface area contributed by atoms with E-state index < -0.39 is 6.04 Å². The summed E-state index contributed by atoms with van der Waals surface area (Å²) in [6, 6.07) is 7.39. The Kier molecular flexibility index (Phi) is 6.81. The van der Waals surface area contributed by atoms with Gasteiger partial charge in [-0.1, -0.05) is 18.2 Å². The van der Waals surface area contributed by atoms with E-state index in [9.17, 15) is 9.59 Å². The highest BCUT2D eigenvalue weighted by molar-refractivity contribution is 5.88. The largest absolute Gasteiger partial charge is 0.494 e. The number of piperazine rings is 1. The summed E-state index contributed by atoms with van der Waals surface area (Å²) in [4.78, 5) is 26.2. The third kappa shape index (κ3) is 5.09. The summed E-state index contributed by atoms with van der Waals surface area (Å²) in [6.45, 7) is 8.50. The lowest BCUT2D eigenvalue weighted by atomic mass is 10.1. The molecule has 0 aliphatic carbocycles. The first-order valence-corrected chi connectivity index (χ1v) is 8.25. The average molecular weight is 331 g/mol.